The molecule has 2 amide bonds. The Morgan fingerprint density at radius 3 is 2.35 bits per heavy atom. The van der Waals surface area contributed by atoms with Gasteiger partial charge in [-0.3, -0.25) is 9.59 Å². The van der Waals surface area contributed by atoms with Crippen molar-refractivity contribution in [2.24, 2.45) is 11.8 Å². The fourth-order valence-corrected chi connectivity index (χ4v) is 5.63. The third-order valence-corrected chi connectivity index (χ3v) is 7.94. The number of nitrogens with zero attached hydrogens (tertiary/aromatic N) is 4. The number of ether oxygens (including phenoxy) is 1. The fraction of sp³-hybridized carbons (Fsp3) is 0.536. The molecule has 4 rings (SSSR count). The molecule has 1 aromatic heterocycles. The van der Waals surface area contributed by atoms with Gasteiger partial charge in [0.15, 0.2) is 6.10 Å². The van der Waals surface area contributed by atoms with Gasteiger partial charge in [0.25, 0.3) is 11.8 Å². The number of aliphatic hydroxyl groups is 1. The van der Waals surface area contributed by atoms with E-state index in [1.54, 1.807) is 56.6 Å². The maximum absolute atomic E-state index is 12.9. The highest BCUT2D eigenvalue weighted by atomic mass is 35.5. The number of methoxy groups -OCH3 is 1. The molecule has 2 aliphatic rings. The first-order chi connectivity index (χ1) is 17.8. The summed E-state index contributed by atoms with van der Waals surface area (Å²) in [6, 6.07) is 8.90. The lowest BCUT2D eigenvalue weighted by atomic mass is 9.82. The molecule has 2 saturated heterocycles. The van der Waals surface area contributed by atoms with Crippen molar-refractivity contribution in [1.82, 2.24) is 14.8 Å². The number of benzene rings is 1. The summed E-state index contributed by atoms with van der Waals surface area (Å²) >= 11 is 6.36. The van der Waals surface area contributed by atoms with Crippen LogP contribution in [-0.2, 0) is 4.79 Å². The van der Waals surface area contributed by atoms with Crippen LogP contribution in [0.3, 0.4) is 0 Å². The van der Waals surface area contributed by atoms with E-state index in [9.17, 15) is 14.7 Å². The molecule has 9 heteroatoms. The summed E-state index contributed by atoms with van der Waals surface area (Å²) in [5.74, 6) is 1.46. The second-order valence-corrected chi connectivity index (χ2v) is 10.7. The van der Waals surface area contributed by atoms with Crippen molar-refractivity contribution in [3.8, 4) is 5.75 Å². The molecule has 3 heterocycles. The highest BCUT2D eigenvalue weighted by Gasteiger charge is 2.30. The number of hydrogen-bond donors (Lipinski definition) is 1. The zero-order valence-electron chi connectivity index (χ0n) is 21.9. The molecule has 1 N–H and O–H groups in total. The number of aliphatic hydroxyl groups excluding tert-OH is 1. The number of anilines is 1. The quantitative estimate of drug-likeness (QED) is 0.584. The summed E-state index contributed by atoms with van der Waals surface area (Å²) in [5.41, 5.74) is 1.81. The molecule has 1 unspecified atom stereocenters. The van der Waals surface area contributed by atoms with Crippen molar-refractivity contribution >= 4 is 29.1 Å². The van der Waals surface area contributed by atoms with Gasteiger partial charge >= 0.3 is 0 Å². The van der Waals surface area contributed by atoms with Gasteiger partial charge in [0.1, 0.15) is 11.4 Å². The monoisotopic (exact) mass is 528 g/mol. The van der Waals surface area contributed by atoms with Gasteiger partial charge in [-0.2, -0.15) is 0 Å². The number of carbonyl (C=O) groups is 2. The zero-order valence-corrected chi connectivity index (χ0v) is 22.7. The molecular weight excluding hydrogens is 492 g/mol. The Morgan fingerprint density at radius 2 is 1.76 bits per heavy atom. The molecule has 0 aliphatic carbocycles. The van der Waals surface area contributed by atoms with E-state index < -0.39 is 6.10 Å². The molecule has 0 bridgehead atoms. The van der Waals surface area contributed by atoms with E-state index in [1.807, 2.05) is 6.07 Å². The topological polar surface area (TPSA) is 86.2 Å². The van der Waals surface area contributed by atoms with E-state index in [0.717, 1.165) is 44.5 Å². The average Bonchev–Trinajstić information content (AvgIpc) is 2.92. The Balaban J connectivity index is 1.23. The van der Waals surface area contributed by atoms with Gasteiger partial charge in [0, 0.05) is 40.3 Å². The number of pyridine rings is 1. The number of amides is 2. The van der Waals surface area contributed by atoms with E-state index in [2.05, 4.69) is 9.88 Å². The zero-order chi connectivity index (χ0) is 26.5. The molecule has 37 heavy (non-hydrogen) atoms. The molecule has 1 atom stereocenters. The summed E-state index contributed by atoms with van der Waals surface area (Å²) in [4.78, 5) is 35.0. The number of likely N-dealkylation sites (tertiary alicyclic amines) is 1. The van der Waals surface area contributed by atoms with Crippen LogP contribution in [0, 0.1) is 11.8 Å². The van der Waals surface area contributed by atoms with Gasteiger partial charge in [0.2, 0.25) is 0 Å². The number of carbonyl (C=O) groups excluding carboxylic acids is 2. The maximum atomic E-state index is 12.9. The second-order valence-electron chi connectivity index (χ2n) is 10.3. The predicted octanol–water partition coefficient (Wildman–Crippen LogP) is 4.02. The lowest BCUT2D eigenvalue weighted by Gasteiger charge is -2.38. The van der Waals surface area contributed by atoms with Crippen LogP contribution in [0.25, 0.3) is 0 Å². The van der Waals surface area contributed by atoms with Crippen LogP contribution in [-0.4, -0.2) is 79.1 Å². The van der Waals surface area contributed by atoms with Gasteiger partial charge in [0.05, 0.1) is 24.0 Å². The van der Waals surface area contributed by atoms with Crippen LogP contribution in [0.4, 0.5) is 5.69 Å². The van der Waals surface area contributed by atoms with Crippen molar-refractivity contribution in [3.63, 3.8) is 0 Å². The number of aromatic nitrogens is 1. The normalized spacial score (nSPS) is 18.0. The Kier molecular flexibility index (Phi) is 8.92. The van der Waals surface area contributed by atoms with E-state index in [0.29, 0.717) is 41.3 Å². The molecular formula is C28H37ClN4O4. The van der Waals surface area contributed by atoms with Crippen LogP contribution in [0.15, 0.2) is 36.5 Å². The van der Waals surface area contributed by atoms with Gasteiger partial charge < -0.3 is 24.5 Å². The van der Waals surface area contributed by atoms with Crippen molar-refractivity contribution in [2.75, 3.05) is 52.3 Å². The van der Waals surface area contributed by atoms with Crippen molar-refractivity contribution in [1.29, 1.82) is 0 Å². The smallest absolute Gasteiger partial charge is 0.273 e. The van der Waals surface area contributed by atoms with Crippen LogP contribution in [0.2, 0.25) is 5.02 Å². The van der Waals surface area contributed by atoms with E-state index >= 15 is 0 Å². The van der Waals surface area contributed by atoms with Crippen LogP contribution in [0.5, 0.6) is 5.75 Å². The maximum Gasteiger partial charge on any atom is 0.273 e. The third-order valence-electron chi connectivity index (χ3n) is 7.65. The molecule has 2 aromatic rings. The van der Waals surface area contributed by atoms with E-state index in [4.69, 9.17) is 16.3 Å². The summed E-state index contributed by atoms with van der Waals surface area (Å²) in [7, 11) is 4.94. The number of hydrogen-bond acceptors (Lipinski definition) is 6. The van der Waals surface area contributed by atoms with Crippen LogP contribution >= 0.6 is 11.6 Å². The average molecular weight is 529 g/mol. The van der Waals surface area contributed by atoms with Crippen LogP contribution < -0.4 is 9.64 Å². The molecule has 0 saturated carbocycles. The first-order valence-electron chi connectivity index (χ1n) is 13.0. The lowest BCUT2D eigenvalue weighted by Crippen LogP contribution is -2.42. The Labute approximate surface area is 224 Å². The number of halogens is 1. The van der Waals surface area contributed by atoms with Gasteiger partial charge in [-0.25, -0.2) is 4.98 Å². The summed E-state index contributed by atoms with van der Waals surface area (Å²) in [6.45, 7) is 3.25. The molecule has 8 nitrogen and oxygen atoms in total. The number of piperidine rings is 2. The van der Waals surface area contributed by atoms with E-state index in [1.165, 1.54) is 11.3 Å². The second kappa shape index (κ2) is 12.1. The molecule has 2 aliphatic heterocycles. The molecule has 0 radical (unpaired) electrons. The van der Waals surface area contributed by atoms with Crippen LogP contribution in [0.1, 0.15) is 54.3 Å². The standard InChI is InChI=1S/C28H37ClN4O4/c1-31(2)27(35)25-24(29)17-22(18-30-25)32-11-7-19(8-12-32)15-20-9-13-33(14-10-20)28(36)26(34)21-5-4-6-23(16-21)37-3/h4-6,16-20,26,34H,7-15H2,1-3H3. The first kappa shape index (κ1) is 27.2. The third kappa shape index (κ3) is 6.54. The van der Waals surface area contributed by atoms with E-state index in [-0.39, 0.29) is 17.5 Å². The minimum Gasteiger partial charge on any atom is -0.497 e. The van der Waals surface area contributed by atoms with Crippen molar-refractivity contribution < 1.29 is 19.4 Å². The SMILES string of the molecule is COc1cccc(C(O)C(=O)N2CCC(CC3CCN(c4cnc(C(=O)N(C)C)c(Cl)c4)CC3)CC2)c1. The molecule has 2 fully saturated rings. The van der Waals surface area contributed by atoms with Crippen molar-refractivity contribution in [2.45, 2.75) is 38.2 Å². The minimum absolute atomic E-state index is 0.196. The summed E-state index contributed by atoms with van der Waals surface area (Å²) in [5, 5.41) is 11.0. The summed E-state index contributed by atoms with van der Waals surface area (Å²) in [6.07, 6.45) is 5.90. The van der Waals surface area contributed by atoms with Gasteiger partial charge in [-0.05, 0) is 67.7 Å². The highest BCUT2D eigenvalue weighted by molar-refractivity contribution is 6.33. The highest BCUT2D eigenvalue weighted by Crippen LogP contribution is 2.33. The minimum atomic E-state index is -1.16. The Morgan fingerprint density at radius 1 is 1.11 bits per heavy atom. The molecule has 200 valence electrons. The molecule has 0 spiro atoms. The first-order valence-corrected chi connectivity index (χ1v) is 13.4. The summed E-state index contributed by atoms with van der Waals surface area (Å²) < 4.78 is 5.21. The largest absolute Gasteiger partial charge is 0.497 e. The van der Waals surface area contributed by atoms with Crippen molar-refractivity contribution in [3.05, 3.63) is 52.8 Å². The molecule has 1 aromatic carbocycles. The Hall–Kier alpha value is -2.84. The number of rotatable bonds is 7. The van der Waals surface area contributed by atoms with Gasteiger partial charge in [-0.1, -0.05) is 23.7 Å². The van der Waals surface area contributed by atoms with Gasteiger partial charge in [-0.15, -0.1) is 0 Å². The fourth-order valence-electron chi connectivity index (χ4n) is 5.38. The predicted molar refractivity (Wildman–Crippen MR) is 144 cm³/mol. The lowest BCUT2D eigenvalue weighted by molar-refractivity contribution is -0.142. The Bertz CT molecular complexity index is 1100.